The number of nitriles is 1. The number of benzene rings is 2. The van der Waals surface area contributed by atoms with E-state index >= 15 is 0 Å². The van der Waals surface area contributed by atoms with Gasteiger partial charge >= 0.3 is 0 Å². The second kappa shape index (κ2) is 7.97. The van der Waals surface area contributed by atoms with E-state index in [0.29, 0.717) is 17.1 Å². The van der Waals surface area contributed by atoms with E-state index in [4.69, 9.17) is 14.7 Å². The van der Waals surface area contributed by atoms with Crippen LogP contribution in [-0.4, -0.2) is 19.1 Å². The van der Waals surface area contributed by atoms with Crippen molar-refractivity contribution in [2.24, 2.45) is 0 Å². The van der Waals surface area contributed by atoms with E-state index in [1.165, 1.54) is 19.2 Å². The first kappa shape index (κ1) is 17.3. The van der Waals surface area contributed by atoms with E-state index in [1.54, 1.807) is 37.3 Å². The Morgan fingerprint density at radius 3 is 2.58 bits per heavy atom. The van der Waals surface area contributed by atoms with Crippen molar-refractivity contribution in [3.8, 4) is 17.6 Å². The zero-order valence-corrected chi connectivity index (χ0v) is 13.4. The van der Waals surface area contributed by atoms with Crippen LogP contribution in [-0.2, 0) is 11.3 Å². The van der Waals surface area contributed by atoms with Gasteiger partial charge in [0.1, 0.15) is 5.82 Å². The molecule has 0 unspecified atom stereocenters. The summed E-state index contributed by atoms with van der Waals surface area (Å²) in [6.45, 7) is 1.88. The first-order valence-corrected chi connectivity index (χ1v) is 7.30. The predicted molar refractivity (Wildman–Crippen MR) is 86.0 cm³/mol. The first-order valence-electron chi connectivity index (χ1n) is 7.30. The normalized spacial score (nSPS) is 11.2. The topological polar surface area (TPSA) is 71.3 Å². The average molecular weight is 328 g/mol. The molecule has 6 heteroatoms. The number of nitrogens with zero attached hydrogens (tertiary/aromatic N) is 1. The van der Waals surface area contributed by atoms with Gasteiger partial charge in [-0.05, 0) is 36.8 Å². The summed E-state index contributed by atoms with van der Waals surface area (Å²) >= 11 is 0. The third-order valence-electron chi connectivity index (χ3n) is 3.35. The minimum atomic E-state index is -0.757. The van der Waals surface area contributed by atoms with Gasteiger partial charge < -0.3 is 14.8 Å². The van der Waals surface area contributed by atoms with Gasteiger partial charge in [-0.1, -0.05) is 12.1 Å². The number of rotatable bonds is 6. The highest BCUT2D eigenvalue weighted by Gasteiger charge is 2.17. The van der Waals surface area contributed by atoms with Crippen molar-refractivity contribution < 1.29 is 18.7 Å². The maximum Gasteiger partial charge on any atom is 0.261 e. The van der Waals surface area contributed by atoms with Crippen LogP contribution in [0.2, 0.25) is 0 Å². The molecular formula is C18H17FN2O3. The molecule has 0 saturated carbocycles. The highest BCUT2D eigenvalue weighted by Crippen LogP contribution is 2.28. The number of carbonyl (C=O) groups excluding carboxylic acids is 1. The van der Waals surface area contributed by atoms with Gasteiger partial charge in [-0.25, -0.2) is 4.39 Å². The Hall–Kier alpha value is -3.07. The maximum absolute atomic E-state index is 12.8. The number of halogens is 1. The number of hydrogen-bond acceptors (Lipinski definition) is 4. The van der Waals surface area contributed by atoms with Gasteiger partial charge in [0.2, 0.25) is 0 Å². The molecule has 0 heterocycles. The van der Waals surface area contributed by atoms with Crippen LogP contribution in [0.5, 0.6) is 11.5 Å². The van der Waals surface area contributed by atoms with Crippen LogP contribution < -0.4 is 14.8 Å². The molecule has 0 saturated heterocycles. The molecule has 1 amide bonds. The summed E-state index contributed by atoms with van der Waals surface area (Å²) in [6.07, 6.45) is -0.757. The van der Waals surface area contributed by atoms with Crippen LogP contribution in [0.15, 0.2) is 42.5 Å². The quantitative estimate of drug-likeness (QED) is 0.885. The Balaban J connectivity index is 1.96. The number of amides is 1. The molecular weight excluding hydrogens is 311 g/mol. The van der Waals surface area contributed by atoms with Crippen LogP contribution >= 0.6 is 0 Å². The highest BCUT2D eigenvalue weighted by atomic mass is 19.1. The van der Waals surface area contributed by atoms with Crippen molar-refractivity contribution in [2.75, 3.05) is 7.11 Å². The standard InChI is InChI=1S/C18H17FN2O3/c1-12(18(22)21-11-13-3-6-15(19)7-4-13)24-16-8-5-14(10-20)9-17(16)23-2/h3-9,12H,11H2,1-2H3,(H,21,22)/t12-/m1/s1. The molecule has 2 aromatic rings. The van der Waals surface area contributed by atoms with Crippen LogP contribution in [0.3, 0.4) is 0 Å². The number of methoxy groups -OCH3 is 1. The Bertz CT molecular complexity index is 754. The zero-order valence-electron chi connectivity index (χ0n) is 13.4. The van der Waals surface area contributed by atoms with Crippen molar-refractivity contribution in [3.63, 3.8) is 0 Å². The molecule has 0 aromatic heterocycles. The molecule has 2 rings (SSSR count). The van der Waals surface area contributed by atoms with Crippen LogP contribution in [0.4, 0.5) is 4.39 Å². The van der Waals surface area contributed by atoms with E-state index in [9.17, 15) is 9.18 Å². The lowest BCUT2D eigenvalue weighted by Gasteiger charge is -2.17. The molecule has 0 aliphatic rings. The van der Waals surface area contributed by atoms with Crippen LogP contribution in [0, 0.1) is 17.1 Å². The Kier molecular flexibility index (Phi) is 5.74. The summed E-state index contributed by atoms with van der Waals surface area (Å²) in [7, 11) is 1.46. The predicted octanol–water partition coefficient (Wildman–Crippen LogP) is 2.79. The molecule has 0 aliphatic heterocycles. The van der Waals surface area contributed by atoms with Gasteiger partial charge in [0.05, 0.1) is 18.7 Å². The van der Waals surface area contributed by atoms with Crippen molar-refractivity contribution in [1.82, 2.24) is 5.32 Å². The fraction of sp³-hybridized carbons (Fsp3) is 0.222. The third kappa shape index (κ3) is 4.46. The number of nitrogens with one attached hydrogen (secondary N) is 1. The second-order valence-corrected chi connectivity index (χ2v) is 5.08. The molecule has 2 aromatic carbocycles. The Morgan fingerprint density at radius 2 is 1.96 bits per heavy atom. The lowest BCUT2D eigenvalue weighted by molar-refractivity contribution is -0.127. The molecule has 24 heavy (non-hydrogen) atoms. The van der Waals surface area contributed by atoms with Crippen molar-refractivity contribution in [3.05, 3.63) is 59.4 Å². The maximum atomic E-state index is 12.8. The van der Waals surface area contributed by atoms with Crippen molar-refractivity contribution >= 4 is 5.91 Å². The minimum Gasteiger partial charge on any atom is -0.493 e. The van der Waals surface area contributed by atoms with E-state index in [1.807, 2.05) is 6.07 Å². The van der Waals surface area contributed by atoms with Crippen LogP contribution in [0.1, 0.15) is 18.1 Å². The molecule has 0 spiro atoms. The summed E-state index contributed by atoms with van der Waals surface area (Å²) in [6, 6.07) is 12.6. The zero-order chi connectivity index (χ0) is 17.5. The van der Waals surface area contributed by atoms with E-state index < -0.39 is 6.10 Å². The van der Waals surface area contributed by atoms with Gasteiger partial charge in [-0.2, -0.15) is 5.26 Å². The first-order chi connectivity index (χ1) is 11.5. The van der Waals surface area contributed by atoms with E-state index in [0.717, 1.165) is 5.56 Å². The average Bonchev–Trinajstić information content (AvgIpc) is 2.61. The van der Waals surface area contributed by atoms with Gasteiger partial charge in [0, 0.05) is 12.6 Å². The number of ether oxygens (including phenoxy) is 2. The molecule has 5 nitrogen and oxygen atoms in total. The second-order valence-electron chi connectivity index (χ2n) is 5.08. The fourth-order valence-corrected chi connectivity index (χ4v) is 2.01. The molecule has 0 aliphatic carbocycles. The summed E-state index contributed by atoms with van der Waals surface area (Å²) < 4.78 is 23.6. The van der Waals surface area contributed by atoms with Crippen molar-refractivity contribution in [2.45, 2.75) is 19.6 Å². The van der Waals surface area contributed by atoms with Crippen LogP contribution in [0.25, 0.3) is 0 Å². The Morgan fingerprint density at radius 1 is 1.25 bits per heavy atom. The summed E-state index contributed by atoms with van der Waals surface area (Å²) in [5, 5.41) is 11.6. The van der Waals surface area contributed by atoms with Gasteiger partial charge in [0.15, 0.2) is 17.6 Å². The number of hydrogen-bond donors (Lipinski definition) is 1. The molecule has 0 radical (unpaired) electrons. The molecule has 1 N–H and O–H groups in total. The molecule has 0 bridgehead atoms. The van der Waals surface area contributed by atoms with E-state index in [-0.39, 0.29) is 18.3 Å². The number of carbonyl (C=O) groups is 1. The SMILES string of the molecule is COc1cc(C#N)ccc1O[C@H](C)C(=O)NCc1ccc(F)cc1. The third-order valence-corrected chi connectivity index (χ3v) is 3.35. The monoisotopic (exact) mass is 328 g/mol. The summed E-state index contributed by atoms with van der Waals surface area (Å²) in [4.78, 5) is 12.1. The Labute approximate surface area is 139 Å². The van der Waals surface area contributed by atoms with Gasteiger partial charge in [-0.15, -0.1) is 0 Å². The highest BCUT2D eigenvalue weighted by molar-refractivity contribution is 5.80. The van der Waals surface area contributed by atoms with Gasteiger partial charge in [0.25, 0.3) is 5.91 Å². The fourth-order valence-electron chi connectivity index (χ4n) is 2.01. The largest absolute Gasteiger partial charge is 0.493 e. The smallest absolute Gasteiger partial charge is 0.261 e. The minimum absolute atomic E-state index is 0.275. The van der Waals surface area contributed by atoms with Crippen molar-refractivity contribution in [1.29, 1.82) is 5.26 Å². The molecule has 1 atom stereocenters. The van der Waals surface area contributed by atoms with Gasteiger partial charge in [-0.3, -0.25) is 4.79 Å². The lowest BCUT2D eigenvalue weighted by atomic mass is 10.2. The molecule has 124 valence electrons. The lowest BCUT2D eigenvalue weighted by Crippen LogP contribution is -2.36. The summed E-state index contributed by atoms with van der Waals surface area (Å²) in [5.74, 6) is 0.119. The summed E-state index contributed by atoms with van der Waals surface area (Å²) in [5.41, 5.74) is 1.22. The van der Waals surface area contributed by atoms with E-state index in [2.05, 4.69) is 5.32 Å². The molecule has 0 fully saturated rings.